The van der Waals surface area contributed by atoms with Gasteiger partial charge in [0.1, 0.15) is 5.82 Å². The first kappa shape index (κ1) is 14.3. The fourth-order valence-electron chi connectivity index (χ4n) is 0.708. The molecule has 0 saturated heterocycles. The molecule has 16 heavy (non-hydrogen) atoms. The predicted molar refractivity (Wildman–Crippen MR) is 57.9 cm³/mol. The molecule has 1 aromatic carbocycles. The summed E-state index contributed by atoms with van der Waals surface area (Å²) in [7, 11) is 1.14. The molecule has 0 amide bonds. The zero-order chi connectivity index (χ0) is 12.6. The topological polar surface area (TPSA) is 26.3 Å². The standard InChI is InChI=1S/C6H9FO2.C6H5F/c1-4(2)5(7)6(8)9-3;7-6-4-2-1-3-5-6/h1-3H3;1-5H. The molecule has 0 spiro atoms. The van der Waals surface area contributed by atoms with Gasteiger partial charge in [-0.05, 0) is 31.6 Å². The van der Waals surface area contributed by atoms with Crippen LogP contribution in [0.3, 0.4) is 0 Å². The minimum Gasteiger partial charge on any atom is -0.464 e. The van der Waals surface area contributed by atoms with E-state index >= 15 is 0 Å². The van der Waals surface area contributed by atoms with Crippen molar-refractivity contribution in [3.63, 3.8) is 0 Å². The smallest absolute Gasteiger partial charge is 0.366 e. The third kappa shape index (κ3) is 5.90. The quantitative estimate of drug-likeness (QED) is 0.544. The van der Waals surface area contributed by atoms with Crippen molar-refractivity contribution in [2.75, 3.05) is 7.11 Å². The van der Waals surface area contributed by atoms with Gasteiger partial charge in [0.25, 0.3) is 0 Å². The number of esters is 1. The van der Waals surface area contributed by atoms with Gasteiger partial charge in [0.15, 0.2) is 0 Å². The summed E-state index contributed by atoms with van der Waals surface area (Å²) >= 11 is 0. The highest BCUT2D eigenvalue weighted by atomic mass is 19.1. The zero-order valence-corrected chi connectivity index (χ0v) is 9.46. The highest BCUT2D eigenvalue weighted by Crippen LogP contribution is 2.05. The highest BCUT2D eigenvalue weighted by Gasteiger charge is 2.08. The van der Waals surface area contributed by atoms with Gasteiger partial charge < -0.3 is 4.74 Å². The van der Waals surface area contributed by atoms with E-state index < -0.39 is 11.8 Å². The van der Waals surface area contributed by atoms with E-state index in [0.29, 0.717) is 5.57 Å². The summed E-state index contributed by atoms with van der Waals surface area (Å²) in [6.07, 6.45) is 0. The number of halogens is 2. The average Bonchev–Trinajstić information content (AvgIpc) is 2.28. The van der Waals surface area contributed by atoms with Crippen LogP contribution in [-0.2, 0) is 9.53 Å². The third-order valence-electron chi connectivity index (χ3n) is 1.54. The second-order valence-electron chi connectivity index (χ2n) is 3.10. The number of carbonyl (C=O) groups is 1. The van der Waals surface area contributed by atoms with Gasteiger partial charge in [-0.1, -0.05) is 18.2 Å². The number of hydrogen-bond acceptors (Lipinski definition) is 2. The van der Waals surface area contributed by atoms with Crippen LogP contribution in [0.5, 0.6) is 0 Å². The molecule has 0 bridgehead atoms. The highest BCUT2D eigenvalue weighted by molar-refractivity contribution is 5.86. The minimum atomic E-state index is -0.907. The molecule has 0 heterocycles. The van der Waals surface area contributed by atoms with E-state index in [1.165, 1.54) is 26.0 Å². The Morgan fingerprint density at radius 1 is 1.19 bits per heavy atom. The van der Waals surface area contributed by atoms with E-state index in [9.17, 15) is 13.6 Å². The molecule has 0 unspecified atom stereocenters. The minimum absolute atomic E-state index is 0.178. The summed E-state index contributed by atoms with van der Waals surface area (Å²) in [4.78, 5) is 10.3. The van der Waals surface area contributed by atoms with Crippen LogP contribution in [0.1, 0.15) is 13.8 Å². The van der Waals surface area contributed by atoms with Crippen LogP contribution in [0.15, 0.2) is 41.7 Å². The summed E-state index contributed by atoms with van der Waals surface area (Å²) in [5.41, 5.74) is 0.335. The summed E-state index contributed by atoms with van der Waals surface area (Å²) in [6.45, 7) is 3.01. The van der Waals surface area contributed by atoms with Gasteiger partial charge in [0, 0.05) is 0 Å². The Kier molecular flexibility index (Phi) is 6.76. The van der Waals surface area contributed by atoms with Crippen molar-refractivity contribution in [2.45, 2.75) is 13.8 Å². The van der Waals surface area contributed by atoms with E-state index in [0.717, 1.165) is 7.11 Å². The van der Waals surface area contributed by atoms with Gasteiger partial charge in [0.2, 0.25) is 5.83 Å². The lowest BCUT2D eigenvalue weighted by atomic mass is 10.3. The number of rotatable bonds is 1. The number of methoxy groups -OCH3 is 1. The molecule has 0 fully saturated rings. The molecule has 0 saturated carbocycles. The Hall–Kier alpha value is -1.71. The van der Waals surface area contributed by atoms with Crippen LogP contribution in [0.2, 0.25) is 0 Å². The van der Waals surface area contributed by atoms with Crippen molar-refractivity contribution in [1.29, 1.82) is 0 Å². The lowest BCUT2D eigenvalue weighted by Crippen LogP contribution is -2.01. The average molecular weight is 228 g/mol. The van der Waals surface area contributed by atoms with Crippen molar-refractivity contribution in [1.82, 2.24) is 0 Å². The Morgan fingerprint density at radius 3 is 1.88 bits per heavy atom. The van der Waals surface area contributed by atoms with Gasteiger partial charge in [-0.3, -0.25) is 0 Å². The number of hydrogen-bond donors (Lipinski definition) is 0. The van der Waals surface area contributed by atoms with E-state index in [4.69, 9.17) is 0 Å². The maximum absolute atomic E-state index is 12.3. The molecule has 0 radical (unpaired) electrons. The molecule has 0 aliphatic heterocycles. The number of ether oxygens (including phenoxy) is 1. The molecule has 1 rings (SSSR count). The van der Waals surface area contributed by atoms with E-state index in [1.807, 2.05) is 0 Å². The largest absolute Gasteiger partial charge is 0.464 e. The van der Waals surface area contributed by atoms with Crippen LogP contribution in [-0.4, -0.2) is 13.1 Å². The van der Waals surface area contributed by atoms with Gasteiger partial charge in [-0.2, -0.15) is 4.39 Å². The van der Waals surface area contributed by atoms with Crippen LogP contribution in [0, 0.1) is 5.82 Å². The molecule has 0 N–H and O–H groups in total. The zero-order valence-electron chi connectivity index (χ0n) is 9.46. The van der Waals surface area contributed by atoms with Crippen molar-refractivity contribution >= 4 is 5.97 Å². The molecule has 4 heteroatoms. The summed E-state index contributed by atoms with van der Waals surface area (Å²) in [6, 6.07) is 7.94. The summed E-state index contributed by atoms with van der Waals surface area (Å²) < 4.78 is 28.3. The molecule has 0 aliphatic carbocycles. The van der Waals surface area contributed by atoms with Crippen molar-refractivity contribution < 1.29 is 18.3 Å². The van der Waals surface area contributed by atoms with Crippen molar-refractivity contribution in [3.05, 3.63) is 47.5 Å². The normalized spacial score (nSPS) is 8.56. The number of benzene rings is 1. The van der Waals surface area contributed by atoms with Gasteiger partial charge in [-0.15, -0.1) is 0 Å². The molecule has 88 valence electrons. The van der Waals surface area contributed by atoms with E-state index in [2.05, 4.69) is 4.74 Å². The monoisotopic (exact) mass is 228 g/mol. The molecular formula is C12H14F2O2. The van der Waals surface area contributed by atoms with Gasteiger partial charge >= 0.3 is 5.97 Å². The van der Waals surface area contributed by atoms with Crippen LogP contribution in [0.25, 0.3) is 0 Å². The number of carbonyl (C=O) groups excluding carboxylic acids is 1. The first-order chi connectivity index (χ1) is 7.49. The lowest BCUT2D eigenvalue weighted by molar-refractivity contribution is -0.137. The van der Waals surface area contributed by atoms with Crippen LogP contribution < -0.4 is 0 Å². The molecule has 0 atom stereocenters. The molecule has 0 aliphatic rings. The fourth-order valence-corrected chi connectivity index (χ4v) is 0.708. The molecule has 2 nitrogen and oxygen atoms in total. The number of allylic oxidation sites excluding steroid dienone is 1. The Morgan fingerprint density at radius 2 is 1.69 bits per heavy atom. The Bertz CT molecular complexity index is 355. The van der Waals surface area contributed by atoms with Gasteiger partial charge in [-0.25, -0.2) is 9.18 Å². The van der Waals surface area contributed by atoms with E-state index in [-0.39, 0.29) is 5.82 Å². The lowest BCUT2D eigenvalue weighted by Gasteiger charge is -1.94. The van der Waals surface area contributed by atoms with Crippen molar-refractivity contribution in [3.8, 4) is 0 Å². The fraction of sp³-hybridized carbons (Fsp3) is 0.250. The van der Waals surface area contributed by atoms with Gasteiger partial charge in [0.05, 0.1) is 7.11 Å². The van der Waals surface area contributed by atoms with Crippen LogP contribution >= 0.6 is 0 Å². The predicted octanol–water partition coefficient (Wildman–Crippen LogP) is 3.25. The molecule has 0 aromatic heterocycles. The maximum atomic E-state index is 12.3. The summed E-state index contributed by atoms with van der Waals surface area (Å²) in [5.74, 6) is -1.89. The molecular weight excluding hydrogens is 214 g/mol. The first-order valence-corrected chi connectivity index (χ1v) is 4.61. The van der Waals surface area contributed by atoms with Crippen LogP contribution in [0.4, 0.5) is 8.78 Å². The van der Waals surface area contributed by atoms with Crippen molar-refractivity contribution in [2.24, 2.45) is 0 Å². The maximum Gasteiger partial charge on any atom is 0.366 e. The third-order valence-corrected chi connectivity index (χ3v) is 1.54. The second kappa shape index (κ2) is 7.56. The summed E-state index contributed by atoms with van der Waals surface area (Å²) in [5, 5.41) is 0. The Balaban J connectivity index is 0.000000288. The second-order valence-corrected chi connectivity index (χ2v) is 3.10. The Labute approximate surface area is 93.5 Å². The van der Waals surface area contributed by atoms with E-state index in [1.54, 1.807) is 18.2 Å². The molecule has 1 aromatic rings. The SMILES string of the molecule is COC(=O)C(F)=C(C)C.Fc1ccccc1. The first-order valence-electron chi connectivity index (χ1n) is 4.61.